The number of anilines is 1. The van der Waals surface area contributed by atoms with Crippen LogP contribution in [0.4, 0.5) is 5.82 Å². The third-order valence-corrected chi connectivity index (χ3v) is 2.61. The van der Waals surface area contributed by atoms with Gasteiger partial charge in [0.25, 0.3) is 5.91 Å². The van der Waals surface area contributed by atoms with E-state index in [2.05, 4.69) is 25.8 Å². The maximum atomic E-state index is 12.0. The molecule has 2 N–H and O–H groups in total. The number of hydrogen-bond donors (Lipinski definition) is 2. The molecular formula is C13H17N5O2. The smallest absolute Gasteiger partial charge is 0.272 e. The van der Waals surface area contributed by atoms with E-state index in [-0.39, 0.29) is 17.6 Å². The number of aromatic nitrogens is 3. The molecule has 0 aliphatic carbocycles. The lowest BCUT2D eigenvalue weighted by molar-refractivity contribution is 0.0928. The van der Waals surface area contributed by atoms with Crippen LogP contribution in [0.1, 0.15) is 42.0 Å². The van der Waals surface area contributed by atoms with Crippen molar-refractivity contribution in [3.05, 3.63) is 35.7 Å². The molecule has 0 saturated carbocycles. The third-order valence-electron chi connectivity index (χ3n) is 2.61. The summed E-state index contributed by atoms with van der Waals surface area (Å²) in [5, 5.41) is 13.6. The molecule has 7 nitrogen and oxygen atoms in total. The predicted molar refractivity (Wildman–Crippen MR) is 73.3 cm³/mol. The SMILES string of the molecule is CCNc1ccc(C(=O)NC(C)c2ncc(C)o2)nn1. The van der Waals surface area contributed by atoms with Gasteiger partial charge in [-0.15, -0.1) is 10.2 Å². The lowest BCUT2D eigenvalue weighted by Gasteiger charge is -2.09. The van der Waals surface area contributed by atoms with Crippen LogP contribution in [0.25, 0.3) is 0 Å². The highest BCUT2D eigenvalue weighted by Crippen LogP contribution is 2.12. The lowest BCUT2D eigenvalue weighted by Crippen LogP contribution is -2.27. The summed E-state index contributed by atoms with van der Waals surface area (Å²) in [6.45, 7) is 6.31. The molecule has 2 aromatic rings. The standard InChI is InChI=1S/C13H17N5O2/c1-4-14-11-6-5-10(17-18-11)12(19)16-9(3)13-15-7-8(2)20-13/h5-7,9H,4H2,1-3H3,(H,14,18)(H,16,19). The minimum Gasteiger partial charge on any atom is -0.444 e. The Kier molecular flexibility index (Phi) is 4.29. The average Bonchev–Trinajstić information content (AvgIpc) is 2.86. The Hall–Kier alpha value is -2.44. The zero-order valence-corrected chi connectivity index (χ0v) is 11.7. The predicted octanol–water partition coefficient (Wildman–Crippen LogP) is 1.70. The molecule has 2 heterocycles. The summed E-state index contributed by atoms with van der Waals surface area (Å²) in [7, 11) is 0. The Morgan fingerprint density at radius 3 is 2.75 bits per heavy atom. The van der Waals surface area contributed by atoms with Crippen molar-refractivity contribution in [3.8, 4) is 0 Å². The fourth-order valence-corrected chi connectivity index (χ4v) is 1.63. The molecule has 1 amide bonds. The molecule has 0 bridgehead atoms. The van der Waals surface area contributed by atoms with Crippen LogP contribution in [0, 0.1) is 6.92 Å². The van der Waals surface area contributed by atoms with Crippen molar-refractivity contribution in [2.45, 2.75) is 26.8 Å². The van der Waals surface area contributed by atoms with Crippen LogP contribution < -0.4 is 10.6 Å². The second-order valence-corrected chi connectivity index (χ2v) is 4.34. The van der Waals surface area contributed by atoms with E-state index in [9.17, 15) is 4.79 Å². The largest absolute Gasteiger partial charge is 0.444 e. The van der Waals surface area contributed by atoms with Gasteiger partial charge in [0.2, 0.25) is 5.89 Å². The number of aryl methyl sites for hydroxylation is 1. The van der Waals surface area contributed by atoms with E-state index in [1.54, 1.807) is 32.2 Å². The molecule has 7 heteroatoms. The Labute approximate surface area is 116 Å². The van der Waals surface area contributed by atoms with Crippen molar-refractivity contribution in [3.63, 3.8) is 0 Å². The van der Waals surface area contributed by atoms with E-state index in [0.29, 0.717) is 17.5 Å². The summed E-state index contributed by atoms with van der Waals surface area (Å²) in [4.78, 5) is 16.1. The topological polar surface area (TPSA) is 92.9 Å². The van der Waals surface area contributed by atoms with Gasteiger partial charge in [0.1, 0.15) is 17.6 Å². The number of hydrogen-bond acceptors (Lipinski definition) is 6. The van der Waals surface area contributed by atoms with E-state index >= 15 is 0 Å². The van der Waals surface area contributed by atoms with E-state index in [0.717, 1.165) is 6.54 Å². The molecular weight excluding hydrogens is 258 g/mol. The van der Waals surface area contributed by atoms with Gasteiger partial charge in [-0.05, 0) is 32.9 Å². The lowest BCUT2D eigenvalue weighted by atomic mass is 10.3. The first-order valence-corrected chi connectivity index (χ1v) is 6.41. The highest BCUT2D eigenvalue weighted by Gasteiger charge is 2.16. The van der Waals surface area contributed by atoms with Crippen LogP contribution >= 0.6 is 0 Å². The monoisotopic (exact) mass is 275 g/mol. The second-order valence-electron chi connectivity index (χ2n) is 4.34. The summed E-state index contributed by atoms with van der Waals surface area (Å²) in [5.41, 5.74) is 0.252. The number of carbonyl (C=O) groups is 1. The van der Waals surface area contributed by atoms with Crippen molar-refractivity contribution < 1.29 is 9.21 Å². The van der Waals surface area contributed by atoms with Gasteiger partial charge in [-0.1, -0.05) is 0 Å². The van der Waals surface area contributed by atoms with E-state index in [1.807, 2.05) is 6.92 Å². The van der Waals surface area contributed by atoms with Crippen LogP contribution in [0.5, 0.6) is 0 Å². The molecule has 2 rings (SSSR count). The molecule has 1 unspecified atom stereocenters. The van der Waals surface area contributed by atoms with E-state index in [1.165, 1.54) is 0 Å². The Balaban J connectivity index is 2.00. The van der Waals surface area contributed by atoms with Gasteiger partial charge in [0, 0.05) is 6.54 Å². The molecule has 0 saturated heterocycles. The van der Waals surface area contributed by atoms with Crippen LogP contribution in [0.3, 0.4) is 0 Å². The molecule has 0 fully saturated rings. The minimum atomic E-state index is -0.327. The van der Waals surface area contributed by atoms with Gasteiger partial charge in [-0.3, -0.25) is 4.79 Å². The van der Waals surface area contributed by atoms with Gasteiger partial charge in [0.15, 0.2) is 5.69 Å². The summed E-state index contributed by atoms with van der Waals surface area (Å²) in [6, 6.07) is 3.01. The highest BCUT2D eigenvalue weighted by molar-refractivity contribution is 5.92. The van der Waals surface area contributed by atoms with Gasteiger partial charge >= 0.3 is 0 Å². The van der Waals surface area contributed by atoms with Crippen LogP contribution in [0.2, 0.25) is 0 Å². The van der Waals surface area contributed by atoms with E-state index < -0.39 is 0 Å². The Morgan fingerprint density at radius 2 is 2.20 bits per heavy atom. The van der Waals surface area contributed by atoms with Crippen molar-refractivity contribution in [1.29, 1.82) is 0 Å². The summed E-state index contributed by atoms with van der Waals surface area (Å²) >= 11 is 0. The normalized spacial score (nSPS) is 11.9. The van der Waals surface area contributed by atoms with Gasteiger partial charge in [0.05, 0.1) is 6.20 Å². The third kappa shape index (κ3) is 3.31. The van der Waals surface area contributed by atoms with Crippen molar-refractivity contribution in [1.82, 2.24) is 20.5 Å². The van der Waals surface area contributed by atoms with E-state index in [4.69, 9.17) is 4.42 Å². The first kappa shape index (κ1) is 14.0. The van der Waals surface area contributed by atoms with Crippen molar-refractivity contribution in [2.75, 3.05) is 11.9 Å². The Bertz CT molecular complexity index is 579. The maximum absolute atomic E-state index is 12.0. The first-order chi connectivity index (χ1) is 9.60. The number of rotatable bonds is 5. The summed E-state index contributed by atoms with van der Waals surface area (Å²) in [5.74, 6) is 1.49. The fraction of sp³-hybridized carbons (Fsp3) is 0.385. The van der Waals surface area contributed by atoms with Crippen LogP contribution in [-0.4, -0.2) is 27.6 Å². The number of carbonyl (C=O) groups excluding carboxylic acids is 1. The number of nitrogens with one attached hydrogen (secondary N) is 2. The quantitative estimate of drug-likeness (QED) is 0.862. The number of oxazole rings is 1. The Morgan fingerprint density at radius 1 is 1.40 bits per heavy atom. The molecule has 1 atom stereocenters. The van der Waals surface area contributed by atoms with Crippen molar-refractivity contribution in [2.24, 2.45) is 0 Å². The number of nitrogens with zero attached hydrogens (tertiary/aromatic N) is 3. The fourth-order valence-electron chi connectivity index (χ4n) is 1.63. The van der Waals surface area contributed by atoms with Gasteiger partial charge < -0.3 is 15.1 Å². The van der Waals surface area contributed by atoms with Crippen LogP contribution in [0.15, 0.2) is 22.7 Å². The average molecular weight is 275 g/mol. The molecule has 0 aliphatic rings. The van der Waals surface area contributed by atoms with Gasteiger partial charge in [-0.25, -0.2) is 4.98 Å². The molecule has 2 aromatic heterocycles. The summed E-state index contributed by atoms with van der Waals surface area (Å²) in [6.07, 6.45) is 1.61. The molecule has 0 radical (unpaired) electrons. The highest BCUT2D eigenvalue weighted by atomic mass is 16.4. The minimum absolute atomic E-state index is 0.252. The van der Waals surface area contributed by atoms with Gasteiger partial charge in [-0.2, -0.15) is 0 Å². The molecule has 0 aliphatic heterocycles. The zero-order valence-electron chi connectivity index (χ0n) is 11.7. The zero-order chi connectivity index (χ0) is 14.5. The number of amides is 1. The molecule has 106 valence electrons. The van der Waals surface area contributed by atoms with Crippen LogP contribution in [-0.2, 0) is 0 Å². The molecule has 0 aromatic carbocycles. The second kappa shape index (κ2) is 6.14. The maximum Gasteiger partial charge on any atom is 0.272 e. The van der Waals surface area contributed by atoms with Crippen molar-refractivity contribution >= 4 is 11.7 Å². The first-order valence-electron chi connectivity index (χ1n) is 6.41. The molecule has 0 spiro atoms. The molecule has 20 heavy (non-hydrogen) atoms. The summed E-state index contributed by atoms with van der Waals surface area (Å²) < 4.78 is 5.36.